The number of rotatable bonds is 2. The summed E-state index contributed by atoms with van der Waals surface area (Å²) < 4.78 is 7.80. The van der Waals surface area contributed by atoms with Crippen molar-refractivity contribution in [3.8, 4) is 0 Å². The maximum atomic E-state index is 13.4. The van der Waals surface area contributed by atoms with Crippen molar-refractivity contribution < 1.29 is 14.3 Å². The van der Waals surface area contributed by atoms with E-state index >= 15 is 0 Å². The number of aromatic nitrogens is 1. The first kappa shape index (κ1) is 17.8. The lowest BCUT2D eigenvalue weighted by Crippen LogP contribution is -2.49. The summed E-state index contributed by atoms with van der Waals surface area (Å²) in [5.41, 5.74) is 0.865. The molecule has 1 atom stereocenters. The van der Waals surface area contributed by atoms with E-state index in [4.69, 9.17) is 4.74 Å². The minimum Gasteiger partial charge on any atom is -0.450 e. The number of fused-ring (bicyclic) bond motifs is 2. The quantitative estimate of drug-likeness (QED) is 0.761. The second-order valence-corrected chi connectivity index (χ2v) is 8.65. The molecule has 0 bridgehead atoms. The van der Waals surface area contributed by atoms with Crippen molar-refractivity contribution >= 4 is 11.9 Å². The normalized spacial score (nSPS) is 19.7. The van der Waals surface area contributed by atoms with E-state index in [0.29, 0.717) is 31.5 Å². The van der Waals surface area contributed by atoms with E-state index in [1.165, 1.54) is 0 Å². The predicted molar refractivity (Wildman–Crippen MR) is 102 cm³/mol. The molecule has 2 aliphatic heterocycles. The molecule has 4 rings (SSSR count). The van der Waals surface area contributed by atoms with Crippen molar-refractivity contribution in [1.82, 2.24) is 9.47 Å². The zero-order valence-corrected chi connectivity index (χ0v) is 16.1. The molecule has 1 aromatic heterocycles. The summed E-state index contributed by atoms with van der Waals surface area (Å²) in [4.78, 5) is 27.5. The Kier molecular flexibility index (Phi) is 4.13. The number of amides is 1. The number of hydrogen-bond acceptors (Lipinski definition) is 3. The zero-order chi connectivity index (χ0) is 19.2. The van der Waals surface area contributed by atoms with Crippen molar-refractivity contribution in [2.75, 3.05) is 13.1 Å². The molecule has 142 valence electrons. The third-order valence-electron chi connectivity index (χ3n) is 5.79. The molecular weight excluding hydrogens is 340 g/mol. The molecule has 3 heterocycles. The second-order valence-electron chi connectivity index (χ2n) is 8.65. The lowest BCUT2D eigenvalue weighted by molar-refractivity contribution is -0.142. The van der Waals surface area contributed by atoms with Crippen molar-refractivity contribution in [3.63, 3.8) is 0 Å². The SMILES string of the molecule is CC(C)(C)C(C(=O)N1CCC2(CC1)OC(=O)c1ccccc12)n1cccc1. The number of esters is 1. The molecule has 27 heavy (non-hydrogen) atoms. The summed E-state index contributed by atoms with van der Waals surface area (Å²) in [5, 5.41) is 0. The van der Waals surface area contributed by atoms with E-state index in [9.17, 15) is 9.59 Å². The molecule has 5 nitrogen and oxygen atoms in total. The van der Waals surface area contributed by atoms with E-state index in [-0.39, 0.29) is 23.3 Å². The largest absolute Gasteiger partial charge is 0.450 e. The Balaban J connectivity index is 1.54. The highest BCUT2D eigenvalue weighted by Gasteiger charge is 2.48. The van der Waals surface area contributed by atoms with Crippen LogP contribution in [0.2, 0.25) is 0 Å². The molecule has 1 amide bonds. The van der Waals surface area contributed by atoms with Crippen LogP contribution in [0.1, 0.15) is 55.6 Å². The summed E-state index contributed by atoms with van der Waals surface area (Å²) in [6.07, 6.45) is 5.19. The molecule has 1 aromatic carbocycles. The minimum absolute atomic E-state index is 0.131. The Morgan fingerprint density at radius 2 is 1.70 bits per heavy atom. The van der Waals surface area contributed by atoms with Crippen molar-refractivity contribution in [2.45, 2.75) is 45.3 Å². The Labute approximate surface area is 159 Å². The van der Waals surface area contributed by atoms with Gasteiger partial charge in [0.05, 0.1) is 5.56 Å². The van der Waals surface area contributed by atoms with Gasteiger partial charge in [0.15, 0.2) is 0 Å². The van der Waals surface area contributed by atoms with Crippen LogP contribution < -0.4 is 0 Å². The Morgan fingerprint density at radius 3 is 2.33 bits per heavy atom. The standard InChI is InChI=1S/C22H26N2O3/c1-21(2,3)18(23-12-6-7-13-23)19(25)24-14-10-22(11-15-24)17-9-5-4-8-16(17)20(26)27-22/h4-9,12-13,18H,10-11,14-15H2,1-3H3. The molecular formula is C22H26N2O3. The number of hydrogen-bond donors (Lipinski definition) is 0. The molecule has 1 saturated heterocycles. The fourth-order valence-corrected chi connectivity index (χ4v) is 4.44. The van der Waals surface area contributed by atoms with Crippen molar-refractivity contribution in [1.29, 1.82) is 0 Å². The predicted octanol–water partition coefficient (Wildman–Crippen LogP) is 3.76. The van der Waals surface area contributed by atoms with Gasteiger partial charge in [0.1, 0.15) is 11.6 Å². The first-order chi connectivity index (χ1) is 12.8. The fraction of sp³-hybridized carbons (Fsp3) is 0.455. The Hall–Kier alpha value is -2.56. The van der Waals surface area contributed by atoms with Gasteiger partial charge in [0.25, 0.3) is 0 Å². The summed E-state index contributed by atoms with van der Waals surface area (Å²) >= 11 is 0. The van der Waals surface area contributed by atoms with Gasteiger partial charge in [0.2, 0.25) is 5.91 Å². The van der Waals surface area contributed by atoms with Crippen LogP contribution in [-0.4, -0.2) is 34.4 Å². The number of piperidine rings is 1. The van der Waals surface area contributed by atoms with Gasteiger partial charge in [-0.1, -0.05) is 39.0 Å². The van der Waals surface area contributed by atoms with E-state index in [1.807, 2.05) is 58.3 Å². The lowest BCUT2D eigenvalue weighted by atomic mass is 9.82. The number of carbonyl (C=O) groups is 2. The molecule has 1 unspecified atom stereocenters. The highest BCUT2D eigenvalue weighted by molar-refractivity contribution is 5.94. The van der Waals surface area contributed by atoms with Gasteiger partial charge < -0.3 is 14.2 Å². The smallest absolute Gasteiger partial charge is 0.339 e. The first-order valence-corrected chi connectivity index (χ1v) is 9.56. The van der Waals surface area contributed by atoms with Gasteiger partial charge in [0, 0.05) is 43.9 Å². The number of likely N-dealkylation sites (tertiary alicyclic amines) is 1. The van der Waals surface area contributed by atoms with Crippen molar-refractivity contribution in [3.05, 3.63) is 59.9 Å². The Morgan fingerprint density at radius 1 is 1.07 bits per heavy atom. The average molecular weight is 366 g/mol. The summed E-state index contributed by atoms with van der Waals surface area (Å²) in [7, 11) is 0. The lowest BCUT2D eigenvalue weighted by Gasteiger charge is -2.42. The average Bonchev–Trinajstić information content (AvgIpc) is 3.23. The zero-order valence-electron chi connectivity index (χ0n) is 16.1. The van der Waals surface area contributed by atoms with E-state index in [2.05, 4.69) is 20.8 Å². The highest BCUT2D eigenvalue weighted by atomic mass is 16.6. The molecule has 5 heteroatoms. The van der Waals surface area contributed by atoms with Gasteiger partial charge in [-0.15, -0.1) is 0 Å². The summed E-state index contributed by atoms with van der Waals surface area (Å²) in [6.45, 7) is 7.46. The molecule has 0 N–H and O–H groups in total. The number of nitrogens with zero attached hydrogens (tertiary/aromatic N) is 2. The number of benzene rings is 1. The third-order valence-corrected chi connectivity index (χ3v) is 5.79. The fourth-order valence-electron chi connectivity index (χ4n) is 4.44. The van der Waals surface area contributed by atoms with E-state index in [0.717, 1.165) is 5.56 Å². The van der Waals surface area contributed by atoms with Crippen LogP contribution in [0.4, 0.5) is 0 Å². The number of ether oxygens (including phenoxy) is 1. The van der Waals surface area contributed by atoms with Crippen LogP contribution >= 0.6 is 0 Å². The molecule has 0 radical (unpaired) electrons. The van der Waals surface area contributed by atoms with Crippen LogP contribution in [0.5, 0.6) is 0 Å². The summed E-state index contributed by atoms with van der Waals surface area (Å²) in [5.74, 6) is -0.114. The van der Waals surface area contributed by atoms with Gasteiger partial charge in [-0.3, -0.25) is 4.79 Å². The van der Waals surface area contributed by atoms with Crippen LogP contribution in [-0.2, 0) is 15.1 Å². The van der Waals surface area contributed by atoms with E-state index < -0.39 is 5.60 Å². The monoisotopic (exact) mass is 366 g/mol. The van der Waals surface area contributed by atoms with E-state index in [1.54, 1.807) is 0 Å². The topological polar surface area (TPSA) is 51.5 Å². The van der Waals surface area contributed by atoms with Crippen LogP contribution in [0.15, 0.2) is 48.8 Å². The van der Waals surface area contributed by atoms with Gasteiger partial charge in [-0.05, 0) is 23.6 Å². The first-order valence-electron chi connectivity index (χ1n) is 9.56. The molecule has 0 aliphatic carbocycles. The van der Waals surface area contributed by atoms with Gasteiger partial charge >= 0.3 is 5.97 Å². The third kappa shape index (κ3) is 2.95. The molecule has 0 saturated carbocycles. The highest BCUT2D eigenvalue weighted by Crippen LogP contribution is 2.44. The Bertz CT molecular complexity index is 856. The minimum atomic E-state index is -0.574. The summed E-state index contributed by atoms with van der Waals surface area (Å²) in [6, 6.07) is 11.3. The molecule has 1 fully saturated rings. The molecule has 2 aliphatic rings. The molecule has 2 aromatic rings. The number of carbonyl (C=O) groups excluding carboxylic acids is 2. The molecule has 1 spiro atoms. The van der Waals surface area contributed by atoms with Crippen LogP contribution in [0.25, 0.3) is 0 Å². The van der Waals surface area contributed by atoms with Crippen molar-refractivity contribution in [2.24, 2.45) is 5.41 Å². The maximum Gasteiger partial charge on any atom is 0.339 e. The maximum absolute atomic E-state index is 13.4. The van der Waals surface area contributed by atoms with Crippen LogP contribution in [0.3, 0.4) is 0 Å². The van der Waals surface area contributed by atoms with Crippen LogP contribution in [0, 0.1) is 5.41 Å². The second kappa shape index (κ2) is 6.25. The van der Waals surface area contributed by atoms with Gasteiger partial charge in [-0.25, -0.2) is 4.79 Å². The van der Waals surface area contributed by atoms with Gasteiger partial charge in [-0.2, -0.15) is 0 Å².